The van der Waals surface area contributed by atoms with Gasteiger partial charge in [0.1, 0.15) is 5.52 Å². The topological polar surface area (TPSA) is 97.2 Å². The standard InChI is InChI=1S/C13H14N4O3/c1-9(18)14-7-8-15-11-5-6-16-13-10(11)3-2-4-12(13)17(19)20/h2-6H,7-8H2,1H3,(H,14,18)(H,15,16). The van der Waals surface area contributed by atoms with Crippen molar-refractivity contribution in [2.24, 2.45) is 0 Å². The first-order valence-corrected chi connectivity index (χ1v) is 6.10. The summed E-state index contributed by atoms with van der Waals surface area (Å²) in [4.78, 5) is 25.3. The molecule has 1 aromatic heterocycles. The SMILES string of the molecule is CC(=O)NCCNc1ccnc2c([N+](=O)[O-])cccc12. The molecule has 104 valence electrons. The van der Waals surface area contributed by atoms with Crippen LogP contribution in [0.4, 0.5) is 11.4 Å². The van der Waals surface area contributed by atoms with Crippen LogP contribution in [0.5, 0.6) is 0 Å². The van der Waals surface area contributed by atoms with E-state index >= 15 is 0 Å². The van der Waals surface area contributed by atoms with Gasteiger partial charge in [0.15, 0.2) is 0 Å². The maximum atomic E-state index is 11.0. The summed E-state index contributed by atoms with van der Waals surface area (Å²) in [5.74, 6) is -0.0953. The molecule has 0 unspecified atom stereocenters. The lowest BCUT2D eigenvalue weighted by Crippen LogP contribution is -2.26. The summed E-state index contributed by atoms with van der Waals surface area (Å²) in [7, 11) is 0. The number of para-hydroxylation sites is 1. The molecule has 0 aliphatic carbocycles. The molecule has 2 rings (SSSR count). The van der Waals surface area contributed by atoms with Gasteiger partial charge in [-0.15, -0.1) is 0 Å². The highest BCUT2D eigenvalue weighted by Gasteiger charge is 2.13. The minimum Gasteiger partial charge on any atom is -0.383 e. The molecule has 0 aliphatic rings. The van der Waals surface area contributed by atoms with Crippen LogP contribution in [0.15, 0.2) is 30.5 Å². The normalized spacial score (nSPS) is 10.2. The van der Waals surface area contributed by atoms with Crippen molar-refractivity contribution < 1.29 is 9.72 Å². The van der Waals surface area contributed by atoms with Crippen LogP contribution in [0.1, 0.15) is 6.92 Å². The van der Waals surface area contributed by atoms with Crippen molar-refractivity contribution in [3.8, 4) is 0 Å². The Hall–Kier alpha value is -2.70. The van der Waals surface area contributed by atoms with Crippen LogP contribution in [0.3, 0.4) is 0 Å². The van der Waals surface area contributed by atoms with Gasteiger partial charge in [-0.05, 0) is 6.07 Å². The average molecular weight is 274 g/mol. The van der Waals surface area contributed by atoms with Gasteiger partial charge in [0.25, 0.3) is 5.69 Å². The zero-order chi connectivity index (χ0) is 14.5. The van der Waals surface area contributed by atoms with Crippen LogP contribution in [0.2, 0.25) is 0 Å². The number of fused-ring (bicyclic) bond motifs is 1. The zero-order valence-electron chi connectivity index (χ0n) is 10.9. The van der Waals surface area contributed by atoms with Gasteiger partial charge in [0, 0.05) is 43.4 Å². The van der Waals surface area contributed by atoms with Gasteiger partial charge in [-0.2, -0.15) is 0 Å². The molecular weight excluding hydrogens is 260 g/mol. The lowest BCUT2D eigenvalue weighted by Gasteiger charge is -2.09. The van der Waals surface area contributed by atoms with E-state index in [9.17, 15) is 14.9 Å². The Morgan fingerprint density at radius 2 is 2.15 bits per heavy atom. The van der Waals surface area contributed by atoms with Crippen LogP contribution < -0.4 is 10.6 Å². The van der Waals surface area contributed by atoms with Crippen molar-refractivity contribution in [1.29, 1.82) is 0 Å². The lowest BCUT2D eigenvalue weighted by molar-refractivity contribution is -0.383. The maximum Gasteiger partial charge on any atom is 0.295 e. The Bertz CT molecular complexity index is 657. The van der Waals surface area contributed by atoms with Crippen LogP contribution >= 0.6 is 0 Å². The third-order valence-electron chi connectivity index (χ3n) is 2.76. The number of nitro groups is 1. The molecule has 0 atom stereocenters. The number of carbonyl (C=O) groups excluding carboxylic acids is 1. The fourth-order valence-corrected chi connectivity index (χ4v) is 1.90. The largest absolute Gasteiger partial charge is 0.383 e. The van der Waals surface area contributed by atoms with Gasteiger partial charge in [0.2, 0.25) is 5.91 Å². The minimum atomic E-state index is -0.448. The lowest BCUT2D eigenvalue weighted by atomic mass is 10.1. The van der Waals surface area contributed by atoms with Crippen LogP contribution in [0.25, 0.3) is 10.9 Å². The number of nitrogens with one attached hydrogen (secondary N) is 2. The number of rotatable bonds is 5. The molecule has 20 heavy (non-hydrogen) atoms. The molecule has 0 spiro atoms. The summed E-state index contributed by atoms with van der Waals surface area (Å²) in [6, 6.07) is 6.58. The van der Waals surface area contributed by atoms with Crippen molar-refractivity contribution in [3.05, 3.63) is 40.6 Å². The van der Waals surface area contributed by atoms with E-state index in [1.165, 1.54) is 19.2 Å². The summed E-state index contributed by atoms with van der Waals surface area (Å²) < 4.78 is 0. The highest BCUT2D eigenvalue weighted by Crippen LogP contribution is 2.28. The quantitative estimate of drug-likeness (QED) is 0.491. The summed E-state index contributed by atoms with van der Waals surface area (Å²) in [5.41, 5.74) is 1.08. The number of nitrogens with zero attached hydrogens (tertiary/aromatic N) is 2. The Morgan fingerprint density at radius 3 is 2.85 bits per heavy atom. The minimum absolute atomic E-state index is 0.0204. The number of pyridine rings is 1. The highest BCUT2D eigenvalue weighted by atomic mass is 16.6. The van der Waals surface area contributed by atoms with Gasteiger partial charge in [-0.1, -0.05) is 12.1 Å². The van der Waals surface area contributed by atoms with Crippen LogP contribution in [-0.2, 0) is 4.79 Å². The number of benzene rings is 1. The predicted molar refractivity (Wildman–Crippen MR) is 75.6 cm³/mol. The van der Waals surface area contributed by atoms with Gasteiger partial charge < -0.3 is 10.6 Å². The highest BCUT2D eigenvalue weighted by molar-refractivity contribution is 5.96. The van der Waals surface area contributed by atoms with E-state index < -0.39 is 4.92 Å². The fraction of sp³-hybridized carbons (Fsp3) is 0.231. The maximum absolute atomic E-state index is 11.0. The molecule has 7 heteroatoms. The van der Waals surface area contributed by atoms with E-state index in [-0.39, 0.29) is 11.6 Å². The Morgan fingerprint density at radius 1 is 1.35 bits per heavy atom. The first kappa shape index (κ1) is 13.7. The third-order valence-corrected chi connectivity index (χ3v) is 2.76. The summed E-state index contributed by atoms with van der Waals surface area (Å²) >= 11 is 0. The number of anilines is 1. The molecule has 7 nitrogen and oxygen atoms in total. The number of nitro benzene ring substituents is 1. The predicted octanol–water partition coefficient (Wildman–Crippen LogP) is 1.69. The number of hydrogen-bond acceptors (Lipinski definition) is 5. The number of hydrogen-bond donors (Lipinski definition) is 2. The molecule has 0 saturated heterocycles. The van der Waals surface area contributed by atoms with E-state index in [1.807, 2.05) is 0 Å². The van der Waals surface area contributed by atoms with E-state index in [4.69, 9.17) is 0 Å². The molecule has 0 fully saturated rings. The average Bonchev–Trinajstić information content (AvgIpc) is 2.42. The molecule has 1 heterocycles. The van der Waals surface area contributed by atoms with Crippen molar-refractivity contribution >= 4 is 28.2 Å². The molecule has 0 radical (unpaired) electrons. The second kappa shape index (κ2) is 5.96. The van der Waals surface area contributed by atoms with Gasteiger partial charge in [0.05, 0.1) is 4.92 Å². The van der Waals surface area contributed by atoms with Gasteiger partial charge in [-0.25, -0.2) is 4.98 Å². The summed E-state index contributed by atoms with van der Waals surface area (Å²) in [6.07, 6.45) is 1.52. The van der Waals surface area contributed by atoms with E-state index in [1.54, 1.807) is 18.2 Å². The number of aromatic nitrogens is 1. The molecular formula is C13H14N4O3. The number of non-ortho nitro benzene ring substituents is 1. The van der Waals surface area contributed by atoms with E-state index in [2.05, 4.69) is 15.6 Å². The molecule has 0 saturated carbocycles. The Labute approximate surface area is 115 Å². The van der Waals surface area contributed by atoms with Crippen molar-refractivity contribution in [2.75, 3.05) is 18.4 Å². The Balaban J connectivity index is 2.24. The first-order valence-electron chi connectivity index (χ1n) is 6.10. The summed E-state index contributed by atoms with van der Waals surface area (Å²) in [6.45, 7) is 2.46. The van der Waals surface area contributed by atoms with Crippen LogP contribution in [0, 0.1) is 10.1 Å². The fourth-order valence-electron chi connectivity index (χ4n) is 1.90. The second-order valence-corrected chi connectivity index (χ2v) is 4.20. The second-order valence-electron chi connectivity index (χ2n) is 4.20. The number of carbonyl (C=O) groups is 1. The molecule has 1 aromatic carbocycles. The van der Waals surface area contributed by atoms with Crippen LogP contribution in [-0.4, -0.2) is 28.9 Å². The summed E-state index contributed by atoms with van der Waals surface area (Å²) in [5, 5.41) is 17.4. The first-order chi connectivity index (χ1) is 9.59. The molecule has 2 N–H and O–H groups in total. The molecule has 1 amide bonds. The van der Waals surface area contributed by atoms with Crippen molar-refractivity contribution in [3.63, 3.8) is 0 Å². The molecule has 0 bridgehead atoms. The Kier molecular flexibility index (Phi) is 4.09. The number of amides is 1. The van der Waals surface area contributed by atoms with E-state index in [0.29, 0.717) is 24.0 Å². The van der Waals surface area contributed by atoms with Gasteiger partial charge >= 0.3 is 0 Å². The van der Waals surface area contributed by atoms with Gasteiger partial charge in [-0.3, -0.25) is 14.9 Å². The van der Waals surface area contributed by atoms with Crippen molar-refractivity contribution in [2.45, 2.75) is 6.92 Å². The smallest absolute Gasteiger partial charge is 0.295 e. The zero-order valence-corrected chi connectivity index (χ0v) is 10.9. The molecule has 2 aromatic rings. The third kappa shape index (κ3) is 3.00. The molecule has 0 aliphatic heterocycles. The monoisotopic (exact) mass is 274 g/mol. The van der Waals surface area contributed by atoms with E-state index in [0.717, 1.165) is 5.69 Å². The van der Waals surface area contributed by atoms with Crippen molar-refractivity contribution in [1.82, 2.24) is 10.3 Å².